The first-order chi connectivity index (χ1) is 20.0. The number of carbonyl (C=O) groups is 2. The van der Waals surface area contributed by atoms with Gasteiger partial charge in [-0.05, 0) is 42.2 Å². The first-order valence-corrected chi connectivity index (χ1v) is 14.9. The quantitative estimate of drug-likeness (QED) is 0.196. The normalized spacial score (nSPS) is 23.3. The summed E-state index contributed by atoms with van der Waals surface area (Å²) in [6.07, 6.45) is 0. The molecular formula is C28H31N5O8S. The molecule has 2 atom stereocenters. The zero-order chi connectivity index (χ0) is 30.0. The van der Waals surface area contributed by atoms with Gasteiger partial charge in [-0.1, -0.05) is 43.1 Å². The van der Waals surface area contributed by atoms with Gasteiger partial charge >= 0.3 is 0 Å². The Morgan fingerprint density at radius 2 is 1.93 bits per heavy atom. The van der Waals surface area contributed by atoms with Gasteiger partial charge in [-0.15, -0.1) is 0 Å². The molecule has 1 aromatic heterocycles. The molecule has 0 radical (unpaired) electrons. The number of benzene rings is 2. The number of amides is 1. The minimum atomic E-state index is -3.91. The number of Topliss-reactive ketones (excluding diaryl/α,β-unsaturated/α-hetero) is 1. The molecule has 6 rings (SSSR count). The zero-order valence-electron chi connectivity index (χ0n) is 23.2. The van der Waals surface area contributed by atoms with E-state index in [9.17, 15) is 23.1 Å². The van der Waals surface area contributed by atoms with E-state index in [2.05, 4.69) is 20.6 Å². The molecule has 3 aliphatic rings. The van der Waals surface area contributed by atoms with E-state index in [0.29, 0.717) is 18.7 Å². The summed E-state index contributed by atoms with van der Waals surface area (Å²) in [5.41, 5.74) is -0.854. The predicted octanol–water partition coefficient (Wildman–Crippen LogP) is 1.28. The van der Waals surface area contributed by atoms with E-state index in [1.54, 1.807) is 25.1 Å². The average Bonchev–Trinajstić information content (AvgIpc) is 3.54. The Labute approximate surface area is 241 Å². The van der Waals surface area contributed by atoms with Crippen molar-refractivity contribution in [2.24, 2.45) is 5.90 Å². The van der Waals surface area contributed by atoms with Crippen LogP contribution in [0.1, 0.15) is 62.9 Å². The van der Waals surface area contributed by atoms with Crippen LogP contribution in [-0.4, -0.2) is 60.7 Å². The van der Waals surface area contributed by atoms with E-state index in [0.717, 1.165) is 5.56 Å². The van der Waals surface area contributed by atoms with Gasteiger partial charge in [0.05, 0.1) is 5.56 Å². The molecule has 3 heterocycles. The molecule has 0 saturated carbocycles. The molecule has 1 fully saturated rings. The van der Waals surface area contributed by atoms with Crippen molar-refractivity contribution in [3.05, 3.63) is 76.0 Å². The second kappa shape index (κ2) is 9.90. The summed E-state index contributed by atoms with van der Waals surface area (Å²) in [6, 6.07) is 10.9. The summed E-state index contributed by atoms with van der Waals surface area (Å²) < 4.78 is 34.0. The summed E-state index contributed by atoms with van der Waals surface area (Å²) in [4.78, 5) is 40.4. The second-order valence-corrected chi connectivity index (χ2v) is 12.8. The predicted molar refractivity (Wildman–Crippen MR) is 148 cm³/mol. The summed E-state index contributed by atoms with van der Waals surface area (Å²) in [7, 11) is -3.91. The lowest BCUT2D eigenvalue weighted by atomic mass is 9.82. The molecule has 42 heavy (non-hydrogen) atoms. The van der Waals surface area contributed by atoms with Crippen molar-refractivity contribution in [1.82, 2.24) is 19.9 Å². The molecule has 2 aromatic carbocycles. The highest BCUT2D eigenvalue weighted by atomic mass is 32.2. The maximum Gasteiger partial charge on any atom is 0.274 e. The minimum absolute atomic E-state index is 0.0242. The summed E-state index contributed by atoms with van der Waals surface area (Å²) in [5.74, 6) is 1.41. The van der Waals surface area contributed by atoms with E-state index in [1.807, 2.05) is 13.8 Å². The zero-order valence-corrected chi connectivity index (χ0v) is 24.0. The minimum Gasteiger partial charge on any atom is -0.454 e. The standard InChI is InChI=1S/C28H31N5O8S/c1-15(2)17-7-8-19-21(14-17)39-28(36)23-18(5-4-6-20(23)40-41-29)25(34)27(19,28)32-26(35)24-16(3)13-22(31-24)42(37,38)33-11-9-30-10-12-33/h4-8,13-15,30-31,36H,9-12,29H2,1-3H3,(H,32,35). The summed E-state index contributed by atoms with van der Waals surface area (Å²) >= 11 is 0. The average molecular weight is 598 g/mol. The fourth-order valence-electron chi connectivity index (χ4n) is 5.99. The van der Waals surface area contributed by atoms with Crippen LogP contribution in [0.2, 0.25) is 0 Å². The van der Waals surface area contributed by atoms with Crippen LogP contribution in [-0.2, 0) is 26.3 Å². The van der Waals surface area contributed by atoms with Gasteiger partial charge in [-0.3, -0.25) is 9.59 Å². The third-order valence-corrected chi connectivity index (χ3v) is 9.96. The number of hydrogen-bond acceptors (Lipinski definition) is 10. The summed E-state index contributed by atoms with van der Waals surface area (Å²) in [6.45, 7) is 7.13. The van der Waals surface area contributed by atoms with Crippen molar-refractivity contribution >= 4 is 21.7 Å². The third-order valence-electron chi connectivity index (χ3n) is 8.14. The first-order valence-electron chi connectivity index (χ1n) is 13.5. The van der Waals surface area contributed by atoms with Crippen LogP contribution >= 0.6 is 0 Å². The molecule has 6 N–H and O–H groups in total. The fraction of sp³-hybridized carbons (Fsp3) is 0.357. The van der Waals surface area contributed by atoms with Crippen LogP contribution in [0.5, 0.6) is 11.5 Å². The van der Waals surface area contributed by atoms with Crippen LogP contribution in [0.4, 0.5) is 0 Å². The number of aromatic amines is 1. The van der Waals surface area contributed by atoms with Crippen molar-refractivity contribution in [2.45, 2.75) is 43.0 Å². The first kappa shape index (κ1) is 28.3. The SMILES string of the molecule is Cc1cc(S(=O)(=O)N2CCNCC2)[nH]c1C(=O)NC12C(=O)c3cccc(OON)c3C1(O)Oc1cc(C(C)C)ccc12. The number of rotatable bonds is 7. The number of nitrogens with one attached hydrogen (secondary N) is 3. The number of aliphatic hydroxyl groups is 1. The highest BCUT2D eigenvalue weighted by molar-refractivity contribution is 7.89. The Bertz CT molecular complexity index is 1710. The van der Waals surface area contributed by atoms with Gasteiger partial charge in [-0.2, -0.15) is 10.2 Å². The fourth-order valence-corrected chi connectivity index (χ4v) is 7.48. The number of ether oxygens (including phenoxy) is 1. The topological polar surface area (TPSA) is 185 Å². The molecule has 222 valence electrons. The number of carbonyl (C=O) groups excluding carboxylic acids is 2. The Morgan fingerprint density at radius 3 is 2.62 bits per heavy atom. The maximum atomic E-state index is 14.3. The van der Waals surface area contributed by atoms with Crippen molar-refractivity contribution in [3.63, 3.8) is 0 Å². The lowest BCUT2D eigenvalue weighted by Gasteiger charge is -2.34. The highest BCUT2D eigenvalue weighted by Crippen LogP contribution is 2.60. The number of fused-ring (bicyclic) bond motifs is 5. The van der Waals surface area contributed by atoms with Gasteiger partial charge < -0.3 is 30.3 Å². The number of aromatic nitrogens is 1. The van der Waals surface area contributed by atoms with Crippen LogP contribution in [0.25, 0.3) is 0 Å². The molecule has 13 nitrogen and oxygen atoms in total. The van der Waals surface area contributed by atoms with Crippen molar-refractivity contribution in [2.75, 3.05) is 26.2 Å². The monoisotopic (exact) mass is 597 g/mol. The van der Waals surface area contributed by atoms with Crippen molar-refractivity contribution in [3.8, 4) is 11.5 Å². The van der Waals surface area contributed by atoms with Crippen molar-refractivity contribution < 1.29 is 37.7 Å². The molecular weight excluding hydrogens is 566 g/mol. The number of hydrogen-bond donors (Lipinski definition) is 5. The lowest BCUT2D eigenvalue weighted by molar-refractivity contribution is -0.219. The molecule has 1 aliphatic carbocycles. The Kier molecular flexibility index (Phi) is 6.68. The van der Waals surface area contributed by atoms with Gasteiger partial charge in [0.2, 0.25) is 11.3 Å². The van der Waals surface area contributed by atoms with E-state index in [1.165, 1.54) is 28.6 Å². The van der Waals surface area contributed by atoms with Gasteiger partial charge in [-0.25, -0.2) is 8.42 Å². The number of sulfonamides is 1. The van der Waals surface area contributed by atoms with Gasteiger partial charge in [0.25, 0.3) is 21.7 Å². The van der Waals surface area contributed by atoms with Gasteiger partial charge in [0, 0.05) is 37.3 Å². The number of H-pyrrole nitrogens is 1. The molecule has 2 unspecified atom stereocenters. The van der Waals surface area contributed by atoms with Crippen LogP contribution in [0.3, 0.4) is 0 Å². The summed E-state index contributed by atoms with van der Waals surface area (Å²) in [5, 5.41) is 18.0. The number of aryl methyl sites for hydroxylation is 1. The molecule has 3 aromatic rings. The molecule has 1 amide bonds. The number of ketones is 1. The molecule has 2 aliphatic heterocycles. The number of nitrogens with two attached hydrogens (primary N) is 1. The third kappa shape index (κ3) is 3.91. The number of piperazine rings is 1. The van der Waals surface area contributed by atoms with Crippen molar-refractivity contribution in [1.29, 1.82) is 0 Å². The molecule has 0 spiro atoms. The van der Waals surface area contributed by atoms with Gasteiger partial charge in [0.1, 0.15) is 16.5 Å². The maximum absolute atomic E-state index is 14.3. The lowest BCUT2D eigenvalue weighted by Crippen LogP contribution is -2.60. The van der Waals surface area contributed by atoms with Gasteiger partial charge in [0.15, 0.2) is 5.75 Å². The molecule has 1 saturated heterocycles. The van der Waals surface area contributed by atoms with Crippen LogP contribution in [0, 0.1) is 6.92 Å². The Morgan fingerprint density at radius 1 is 1.19 bits per heavy atom. The van der Waals surface area contributed by atoms with E-state index >= 15 is 0 Å². The largest absolute Gasteiger partial charge is 0.454 e. The van der Waals surface area contributed by atoms with Crippen LogP contribution < -0.4 is 26.2 Å². The molecule has 0 bridgehead atoms. The smallest absolute Gasteiger partial charge is 0.274 e. The second-order valence-electron chi connectivity index (χ2n) is 10.9. The van der Waals surface area contributed by atoms with E-state index < -0.39 is 33.0 Å². The molecule has 14 heteroatoms. The Balaban J connectivity index is 1.46. The number of nitrogens with zero attached hydrogens (tertiary/aromatic N) is 1. The van der Waals surface area contributed by atoms with E-state index in [4.69, 9.17) is 15.5 Å². The Hall–Kier alpha value is -3.79. The van der Waals surface area contributed by atoms with Crippen LogP contribution in [0.15, 0.2) is 47.5 Å². The highest BCUT2D eigenvalue weighted by Gasteiger charge is 2.73. The van der Waals surface area contributed by atoms with E-state index in [-0.39, 0.29) is 57.9 Å².